The van der Waals surface area contributed by atoms with Crippen molar-refractivity contribution in [2.45, 2.75) is 71.9 Å². The lowest BCUT2D eigenvalue weighted by Crippen LogP contribution is -2.31. The Bertz CT molecular complexity index is 1320. The molecule has 0 unspecified atom stereocenters. The fraction of sp³-hybridized carbons (Fsp3) is 0.441. The Morgan fingerprint density at radius 3 is 1.95 bits per heavy atom. The van der Waals surface area contributed by atoms with Gasteiger partial charge in [0.2, 0.25) is 0 Å². The van der Waals surface area contributed by atoms with E-state index in [0.717, 1.165) is 35.4 Å². The second kappa shape index (κ2) is 16.7. The van der Waals surface area contributed by atoms with Crippen molar-refractivity contribution in [2.75, 3.05) is 31.3 Å². The molecule has 0 fully saturated rings. The van der Waals surface area contributed by atoms with Crippen LogP contribution in [0.3, 0.4) is 0 Å². The van der Waals surface area contributed by atoms with Gasteiger partial charge in [-0.2, -0.15) is 8.78 Å². The minimum atomic E-state index is -4.78. The predicted molar refractivity (Wildman–Crippen MR) is 169 cm³/mol. The summed E-state index contributed by atoms with van der Waals surface area (Å²) in [6, 6.07) is 20.3. The van der Waals surface area contributed by atoms with Gasteiger partial charge in [-0.1, -0.05) is 75.4 Å². The van der Waals surface area contributed by atoms with Crippen molar-refractivity contribution in [3.05, 3.63) is 83.9 Å². The number of carbonyl (C=O) groups is 1. The van der Waals surface area contributed by atoms with E-state index in [1.54, 1.807) is 25.1 Å². The van der Waals surface area contributed by atoms with Crippen LogP contribution in [0.5, 0.6) is 5.75 Å². The van der Waals surface area contributed by atoms with E-state index in [1.807, 2.05) is 36.4 Å². The standard InChI is InChI=1S/C34H44F2NO5P/c1-5-9-10-11-12-13-25-40-32-23-21-28(22-24-32)27-17-19-29(20-18-27)33(38)37(6-2)31-16-14-15-30(26-31)34(35,36)43(39,41-7-3)42-8-4/h14-24,26H,5-13,25H2,1-4H3. The first-order chi connectivity index (χ1) is 20.7. The van der Waals surface area contributed by atoms with Gasteiger partial charge in [-0.15, -0.1) is 0 Å². The van der Waals surface area contributed by atoms with Crippen LogP contribution in [0.25, 0.3) is 11.1 Å². The molecule has 0 aliphatic rings. The van der Waals surface area contributed by atoms with Crippen LogP contribution >= 0.6 is 7.60 Å². The van der Waals surface area contributed by atoms with E-state index in [9.17, 15) is 9.36 Å². The highest BCUT2D eigenvalue weighted by molar-refractivity contribution is 7.54. The second-order valence-electron chi connectivity index (χ2n) is 10.2. The number of ether oxygens (including phenoxy) is 1. The number of nitrogens with zero attached hydrogens (tertiary/aromatic N) is 1. The number of carbonyl (C=O) groups excluding carboxylic acids is 1. The van der Waals surface area contributed by atoms with Gasteiger partial charge in [-0.05, 0) is 74.7 Å². The summed E-state index contributed by atoms with van der Waals surface area (Å²) in [6.45, 7) is 7.48. The molecule has 43 heavy (non-hydrogen) atoms. The summed E-state index contributed by atoms with van der Waals surface area (Å²) in [5.74, 6) is 0.486. The van der Waals surface area contributed by atoms with E-state index in [4.69, 9.17) is 13.8 Å². The number of hydrogen-bond acceptors (Lipinski definition) is 5. The van der Waals surface area contributed by atoms with Crippen molar-refractivity contribution in [3.63, 3.8) is 0 Å². The first-order valence-electron chi connectivity index (χ1n) is 15.2. The van der Waals surface area contributed by atoms with Gasteiger partial charge < -0.3 is 18.7 Å². The zero-order valence-electron chi connectivity index (χ0n) is 25.7. The zero-order chi connectivity index (χ0) is 31.3. The van der Waals surface area contributed by atoms with Crippen molar-refractivity contribution in [3.8, 4) is 16.9 Å². The number of amides is 1. The molecule has 0 aliphatic heterocycles. The molecule has 0 heterocycles. The van der Waals surface area contributed by atoms with Crippen molar-refractivity contribution in [1.29, 1.82) is 0 Å². The lowest BCUT2D eigenvalue weighted by molar-refractivity contribution is 0.0361. The SMILES string of the molecule is CCCCCCCCOc1ccc(-c2ccc(C(=O)N(CC)c3cccc(C(F)(F)P(=O)(OCC)OCC)c3)cc2)cc1. The molecule has 0 bridgehead atoms. The Morgan fingerprint density at radius 2 is 1.37 bits per heavy atom. The highest BCUT2D eigenvalue weighted by atomic mass is 31.2. The maximum absolute atomic E-state index is 15.4. The normalized spacial score (nSPS) is 11.9. The largest absolute Gasteiger partial charge is 0.494 e. The summed E-state index contributed by atoms with van der Waals surface area (Å²) in [4.78, 5) is 14.8. The number of halogens is 2. The third-order valence-corrected chi connectivity index (χ3v) is 9.24. The first kappa shape index (κ1) is 34.4. The van der Waals surface area contributed by atoms with Gasteiger partial charge in [0.1, 0.15) is 5.75 Å². The van der Waals surface area contributed by atoms with Crippen molar-refractivity contribution < 1.29 is 31.9 Å². The minimum absolute atomic E-state index is 0.195. The van der Waals surface area contributed by atoms with Crippen molar-refractivity contribution >= 4 is 19.2 Å². The maximum atomic E-state index is 15.4. The molecule has 0 aliphatic carbocycles. The van der Waals surface area contributed by atoms with Crippen LogP contribution in [-0.4, -0.2) is 32.3 Å². The molecule has 0 spiro atoms. The lowest BCUT2D eigenvalue weighted by atomic mass is 10.0. The van der Waals surface area contributed by atoms with Crippen molar-refractivity contribution in [2.24, 2.45) is 0 Å². The first-order valence-corrected chi connectivity index (χ1v) is 16.8. The average Bonchev–Trinajstić information content (AvgIpc) is 3.01. The fourth-order valence-corrected chi connectivity index (χ4v) is 6.31. The maximum Gasteiger partial charge on any atom is 0.404 e. The van der Waals surface area contributed by atoms with Gasteiger partial charge in [0.25, 0.3) is 5.91 Å². The molecule has 0 N–H and O–H groups in total. The van der Waals surface area contributed by atoms with Gasteiger partial charge in [0.05, 0.1) is 19.8 Å². The Kier molecular flexibility index (Phi) is 13.4. The van der Waals surface area contributed by atoms with Crippen LogP contribution in [0.2, 0.25) is 0 Å². The average molecular weight is 616 g/mol. The van der Waals surface area contributed by atoms with E-state index >= 15 is 8.78 Å². The molecule has 234 valence electrons. The molecule has 3 aromatic carbocycles. The molecule has 0 atom stereocenters. The van der Waals surface area contributed by atoms with E-state index in [-0.39, 0.29) is 31.4 Å². The Balaban J connectivity index is 1.69. The number of anilines is 1. The predicted octanol–water partition coefficient (Wildman–Crippen LogP) is 10.1. The van der Waals surface area contributed by atoms with Crippen LogP contribution in [0.4, 0.5) is 14.5 Å². The number of hydrogen-bond donors (Lipinski definition) is 0. The molecule has 0 saturated heterocycles. The monoisotopic (exact) mass is 615 g/mol. The van der Waals surface area contributed by atoms with E-state index < -0.39 is 18.8 Å². The van der Waals surface area contributed by atoms with E-state index in [1.165, 1.54) is 56.9 Å². The number of alkyl halides is 2. The minimum Gasteiger partial charge on any atom is -0.494 e. The quantitative estimate of drug-likeness (QED) is 0.105. The molecule has 6 nitrogen and oxygen atoms in total. The Labute approximate surface area is 254 Å². The summed E-state index contributed by atoms with van der Waals surface area (Å²) in [5, 5.41) is 0. The number of benzene rings is 3. The highest BCUT2D eigenvalue weighted by Gasteiger charge is 2.54. The van der Waals surface area contributed by atoms with Gasteiger partial charge in [-0.25, -0.2) is 0 Å². The smallest absolute Gasteiger partial charge is 0.404 e. The number of rotatable bonds is 18. The Morgan fingerprint density at radius 1 is 0.791 bits per heavy atom. The van der Waals surface area contributed by atoms with Crippen LogP contribution in [-0.2, 0) is 19.3 Å². The molecule has 9 heteroatoms. The van der Waals surface area contributed by atoms with Gasteiger partial charge >= 0.3 is 13.3 Å². The molecular formula is C34H44F2NO5P. The summed E-state index contributed by atoms with van der Waals surface area (Å²) in [5.41, 5.74) is -1.85. The topological polar surface area (TPSA) is 65.1 Å². The second-order valence-corrected chi connectivity index (χ2v) is 12.3. The molecule has 3 rings (SSSR count). The Hall–Kier alpha value is -3.06. The van der Waals surface area contributed by atoms with Gasteiger partial charge in [0, 0.05) is 23.4 Å². The van der Waals surface area contributed by atoms with E-state index in [0.29, 0.717) is 12.2 Å². The summed E-state index contributed by atoms with van der Waals surface area (Å²) < 4.78 is 59.4. The summed E-state index contributed by atoms with van der Waals surface area (Å²) >= 11 is 0. The fourth-order valence-electron chi connectivity index (χ4n) is 4.78. The highest BCUT2D eigenvalue weighted by Crippen LogP contribution is 2.66. The van der Waals surface area contributed by atoms with Crippen LogP contribution < -0.4 is 9.64 Å². The van der Waals surface area contributed by atoms with Crippen LogP contribution in [0.15, 0.2) is 72.8 Å². The van der Waals surface area contributed by atoms with Gasteiger partial charge in [-0.3, -0.25) is 9.36 Å². The zero-order valence-corrected chi connectivity index (χ0v) is 26.6. The molecule has 1 amide bonds. The van der Waals surface area contributed by atoms with Crippen LogP contribution in [0.1, 0.15) is 82.1 Å². The summed E-state index contributed by atoms with van der Waals surface area (Å²) in [6.07, 6.45) is 7.30. The third-order valence-electron chi connectivity index (χ3n) is 7.09. The van der Waals surface area contributed by atoms with E-state index in [2.05, 4.69) is 6.92 Å². The van der Waals surface area contributed by atoms with Crippen molar-refractivity contribution in [1.82, 2.24) is 0 Å². The molecule has 0 radical (unpaired) electrons. The molecule has 3 aromatic rings. The lowest BCUT2D eigenvalue weighted by Gasteiger charge is -2.27. The summed E-state index contributed by atoms with van der Waals surface area (Å²) in [7, 11) is -4.78. The van der Waals surface area contributed by atoms with Crippen LogP contribution in [0, 0.1) is 0 Å². The molecule has 0 saturated carbocycles. The number of unbranched alkanes of at least 4 members (excludes halogenated alkanes) is 5. The van der Waals surface area contributed by atoms with Gasteiger partial charge in [0.15, 0.2) is 0 Å². The third kappa shape index (κ3) is 8.98. The molecular weight excluding hydrogens is 571 g/mol. The molecule has 0 aromatic heterocycles.